The summed E-state index contributed by atoms with van der Waals surface area (Å²) in [5.41, 5.74) is -1.55. The van der Waals surface area contributed by atoms with Gasteiger partial charge in [-0.05, 0) is 38.0 Å². The summed E-state index contributed by atoms with van der Waals surface area (Å²) in [6.45, 7) is 4.90. The van der Waals surface area contributed by atoms with Crippen LogP contribution in [0.15, 0.2) is 24.3 Å². The first-order valence-electron chi connectivity index (χ1n) is 6.82. The average Bonchev–Trinajstić information content (AvgIpc) is 2.63. The van der Waals surface area contributed by atoms with Crippen molar-refractivity contribution in [1.29, 1.82) is 0 Å². The van der Waals surface area contributed by atoms with Gasteiger partial charge in [0.25, 0.3) is 5.91 Å². The molecule has 1 saturated heterocycles. The Kier molecular flexibility index (Phi) is 4.00. The van der Waals surface area contributed by atoms with Gasteiger partial charge in [-0.3, -0.25) is 9.69 Å². The number of nitrogens with zero attached hydrogens (tertiary/aromatic N) is 1. The molecule has 1 aliphatic heterocycles. The van der Waals surface area contributed by atoms with E-state index >= 15 is 0 Å². The molecule has 21 heavy (non-hydrogen) atoms. The molecule has 114 valence electrons. The molecule has 1 aromatic carbocycles. The van der Waals surface area contributed by atoms with Crippen LogP contribution in [0.25, 0.3) is 0 Å². The maximum absolute atomic E-state index is 12.7. The Balaban J connectivity index is 2.39. The largest absolute Gasteiger partial charge is 0.389 e. The molecule has 5 nitrogen and oxygen atoms in total. The molecule has 1 aliphatic rings. The predicted octanol–water partition coefficient (Wildman–Crippen LogP) is 2.27. The minimum absolute atomic E-state index is 0.0486. The van der Waals surface area contributed by atoms with Crippen LogP contribution in [-0.4, -0.2) is 34.1 Å². The SMILES string of the molecule is CCC1(c2ccc(Cl)cc2)NC(=O)N(CC(C)(C)O)C1=O. The van der Waals surface area contributed by atoms with Crippen molar-refractivity contribution in [2.24, 2.45) is 0 Å². The Bertz CT molecular complexity index is 565. The lowest BCUT2D eigenvalue weighted by molar-refractivity contribution is -0.133. The summed E-state index contributed by atoms with van der Waals surface area (Å²) in [7, 11) is 0. The van der Waals surface area contributed by atoms with Crippen LogP contribution in [0.2, 0.25) is 5.02 Å². The molecule has 1 heterocycles. The van der Waals surface area contributed by atoms with Crippen molar-refractivity contribution in [1.82, 2.24) is 10.2 Å². The summed E-state index contributed by atoms with van der Waals surface area (Å²) in [5.74, 6) is -0.348. The number of nitrogens with one attached hydrogen (secondary N) is 1. The second kappa shape index (κ2) is 5.31. The van der Waals surface area contributed by atoms with Crippen LogP contribution in [0.1, 0.15) is 32.8 Å². The van der Waals surface area contributed by atoms with Crippen LogP contribution >= 0.6 is 11.6 Å². The van der Waals surface area contributed by atoms with Crippen molar-refractivity contribution in [2.75, 3.05) is 6.54 Å². The van der Waals surface area contributed by atoms with Crippen LogP contribution in [0.5, 0.6) is 0 Å². The monoisotopic (exact) mass is 310 g/mol. The van der Waals surface area contributed by atoms with Gasteiger partial charge in [-0.1, -0.05) is 30.7 Å². The Hall–Kier alpha value is -1.59. The maximum Gasteiger partial charge on any atom is 0.325 e. The summed E-state index contributed by atoms with van der Waals surface area (Å²) >= 11 is 5.87. The van der Waals surface area contributed by atoms with E-state index in [1.54, 1.807) is 38.1 Å². The lowest BCUT2D eigenvalue weighted by atomic mass is 9.87. The number of β-amino-alcohol motifs (C(OH)–C–C–N with tert-alkyl or cyclic N) is 1. The van der Waals surface area contributed by atoms with Crippen LogP contribution in [-0.2, 0) is 10.3 Å². The van der Waals surface area contributed by atoms with Crippen molar-refractivity contribution >= 4 is 23.5 Å². The molecule has 3 amide bonds. The molecule has 1 aromatic rings. The number of carbonyl (C=O) groups excluding carboxylic acids is 2. The van der Waals surface area contributed by atoms with Crippen LogP contribution < -0.4 is 5.32 Å². The van der Waals surface area contributed by atoms with Gasteiger partial charge < -0.3 is 10.4 Å². The molecule has 6 heteroatoms. The fourth-order valence-corrected chi connectivity index (χ4v) is 2.66. The zero-order chi connectivity index (χ0) is 15.8. The van der Waals surface area contributed by atoms with Crippen molar-refractivity contribution in [3.63, 3.8) is 0 Å². The number of hydrogen-bond donors (Lipinski definition) is 2. The number of halogens is 1. The van der Waals surface area contributed by atoms with E-state index in [1.165, 1.54) is 0 Å². The third kappa shape index (κ3) is 2.89. The van der Waals surface area contributed by atoms with E-state index < -0.39 is 17.2 Å². The van der Waals surface area contributed by atoms with E-state index in [4.69, 9.17) is 11.6 Å². The molecular weight excluding hydrogens is 292 g/mol. The van der Waals surface area contributed by atoms with E-state index in [1.807, 2.05) is 6.92 Å². The van der Waals surface area contributed by atoms with Crippen molar-refractivity contribution < 1.29 is 14.7 Å². The fraction of sp³-hybridized carbons (Fsp3) is 0.467. The molecule has 0 saturated carbocycles. The van der Waals surface area contributed by atoms with E-state index in [0.29, 0.717) is 17.0 Å². The van der Waals surface area contributed by atoms with Crippen molar-refractivity contribution in [3.8, 4) is 0 Å². The first-order valence-corrected chi connectivity index (χ1v) is 7.20. The number of urea groups is 1. The topological polar surface area (TPSA) is 69.6 Å². The minimum Gasteiger partial charge on any atom is -0.389 e. The van der Waals surface area contributed by atoms with Gasteiger partial charge in [-0.15, -0.1) is 0 Å². The highest BCUT2D eigenvalue weighted by atomic mass is 35.5. The van der Waals surface area contributed by atoms with Crippen molar-refractivity contribution in [2.45, 2.75) is 38.3 Å². The van der Waals surface area contributed by atoms with E-state index in [-0.39, 0.29) is 12.5 Å². The molecule has 0 spiro atoms. The summed E-state index contributed by atoms with van der Waals surface area (Å²) < 4.78 is 0. The molecule has 1 fully saturated rings. The van der Waals surface area contributed by atoms with E-state index in [0.717, 1.165) is 4.90 Å². The minimum atomic E-state index is -1.14. The molecule has 2 N–H and O–H groups in total. The Labute approximate surface area is 128 Å². The van der Waals surface area contributed by atoms with Gasteiger partial charge in [-0.25, -0.2) is 4.79 Å². The Morgan fingerprint density at radius 1 is 1.29 bits per heavy atom. The maximum atomic E-state index is 12.7. The van der Waals surface area contributed by atoms with E-state index in [9.17, 15) is 14.7 Å². The molecule has 0 bridgehead atoms. The molecular formula is C15H19ClN2O3. The molecule has 0 aromatic heterocycles. The highest BCUT2D eigenvalue weighted by Gasteiger charge is 2.51. The number of rotatable bonds is 4. The quantitative estimate of drug-likeness (QED) is 0.838. The van der Waals surface area contributed by atoms with Crippen molar-refractivity contribution in [3.05, 3.63) is 34.9 Å². The number of amides is 3. The second-order valence-corrected chi connectivity index (χ2v) is 6.34. The number of carbonyl (C=O) groups is 2. The van der Waals surface area contributed by atoms with Gasteiger partial charge in [0.05, 0.1) is 12.1 Å². The first kappa shape index (κ1) is 15.8. The smallest absolute Gasteiger partial charge is 0.325 e. The van der Waals surface area contributed by atoms with Gasteiger partial charge in [-0.2, -0.15) is 0 Å². The molecule has 1 unspecified atom stereocenters. The van der Waals surface area contributed by atoms with Crippen LogP contribution in [0.4, 0.5) is 4.79 Å². The zero-order valence-electron chi connectivity index (χ0n) is 12.3. The average molecular weight is 311 g/mol. The molecule has 1 atom stereocenters. The first-order chi connectivity index (χ1) is 9.69. The third-order valence-electron chi connectivity index (χ3n) is 3.59. The van der Waals surface area contributed by atoms with E-state index in [2.05, 4.69) is 5.32 Å². The summed E-state index contributed by atoms with van der Waals surface area (Å²) in [4.78, 5) is 25.9. The lowest BCUT2D eigenvalue weighted by Gasteiger charge is -2.27. The number of benzene rings is 1. The van der Waals surface area contributed by atoms with Gasteiger partial charge in [0.15, 0.2) is 0 Å². The highest BCUT2D eigenvalue weighted by molar-refractivity contribution is 6.30. The van der Waals surface area contributed by atoms with Gasteiger partial charge in [0, 0.05) is 5.02 Å². The summed E-state index contributed by atoms with van der Waals surface area (Å²) in [6.07, 6.45) is 0.418. The molecule has 2 rings (SSSR count). The second-order valence-electron chi connectivity index (χ2n) is 5.90. The standard InChI is InChI=1S/C15H19ClN2O3/c1-4-15(10-5-7-11(16)8-6-10)12(19)18(13(20)17-15)9-14(2,3)21/h5-8,21H,4,9H2,1-3H3,(H,17,20). The molecule has 0 radical (unpaired) electrons. The third-order valence-corrected chi connectivity index (χ3v) is 3.84. The fourth-order valence-electron chi connectivity index (χ4n) is 2.53. The highest BCUT2D eigenvalue weighted by Crippen LogP contribution is 2.33. The Morgan fingerprint density at radius 3 is 2.33 bits per heavy atom. The van der Waals surface area contributed by atoms with Crippen LogP contribution in [0.3, 0.4) is 0 Å². The zero-order valence-corrected chi connectivity index (χ0v) is 13.1. The summed E-state index contributed by atoms with van der Waals surface area (Å²) in [6, 6.07) is 6.35. The van der Waals surface area contributed by atoms with Crippen LogP contribution in [0, 0.1) is 0 Å². The Morgan fingerprint density at radius 2 is 1.86 bits per heavy atom. The number of aliphatic hydroxyl groups is 1. The molecule has 0 aliphatic carbocycles. The summed E-state index contributed by atoms with van der Waals surface area (Å²) in [5, 5.41) is 13.2. The van der Waals surface area contributed by atoms with Gasteiger partial charge in [0.2, 0.25) is 0 Å². The lowest BCUT2D eigenvalue weighted by Crippen LogP contribution is -2.45. The number of imide groups is 1. The van der Waals surface area contributed by atoms with Gasteiger partial charge in [0.1, 0.15) is 5.54 Å². The predicted molar refractivity (Wildman–Crippen MR) is 80.0 cm³/mol. The van der Waals surface area contributed by atoms with Gasteiger partial charge >= 0.3 is 6.03 Å². The number of hydrogen-bond acceptors (Lipinski definition) is 3. The normalized spacial score (nSPS) is 22.6.